The van der Waals surface area contributed by atoms with E-state index in [4.69, 9.17) is 0 Å². The first-order valence-corrected chi connectivity index (χ1v) is 5.64. The van der Waals surface area contributed by atoms with Crippen LogP contribution in [0.4, 0.5) is 0 Å². The Morgan fingerprint density at radius 1 is 1.57 bits per heavy atom. The van der Waals surface area contributed by atoms with Gasteiger partial charge in [-0.1, -0.05) is 19.4 Å². The van der Waals surface area contributed by atoms with Crippen molar-refractivity contribution < 1.29 is 4.79 Å². The van der Waals surface area contributed by atoms with E-state index in [-0.39, 0.29) is 0 Å². The number of Topliss-reactive ketones (excluding diaryl/α,β-unsaturated/α-hetero) is 1. The predicted octanol–water partition coefficient (Wildman–Crippen LogP) is 2.40. The fourth-order valence-corrected chi connectivity index (χ4v) is 2.18. The first-order chi connectivity index (χ1) is 6.77. The molecule has 1 aliphatic rings. The van der Waals surface area contributed by atoms with Gasteiger partial charge in [-0.2, -0.15) is 0 Å². The fraction of sp³-hybridized carbons (Fsp3) is 0.750. The van der Waals surface area contributed by atoms with Crippen LogP contribution < -0.4 is 0 Å². The number of hydrogen-bond donors (Lipinski definition) is 0. The minimum Gasteiger partial charge on any atom is -0.298 e. The summed E-state index contributed by atoms with van der Waals surface area (Å²) in [6.45, 7) is 7.53. The van der Waals surface area contributed by atoms with Crippen LogP contribution in [0.1, 0.15) is 39.0 Å². The number of likely N-dealkylation sites (tertiary alicyclic amines) is 1. The van der Waals surface area contributed by atoms with Crippen molar-refractivity contribution in [2.45, 2.75) is 45.1 Å². The van der Waals surface area contributed by atoms with Crippen LogP contribution in [-0.4, -0.2) is 29.8 Å². The van der Waals surface area contributed by atoms with E-state index in [1.165, 1.54) is 25.7 Å². The van der Waals surface area contributed by atoms with E-state index < -0.39 is 0 Å². The van der Waals surface area contributed by atoms with Gasteiger partial charge in [0.2, 0.25) is 0 Å². The molecular formula is C12H21NO. The second-order valence-electron chi connectivity index (χ2n) is 4.06. The zero-order valence-corrected chi connectivity index (χ0v) is 9.17. The summed E-state index contributed by atoms with van der Waals surface area (Å²) in [5.41, 5.74) is 0. The van der Waals surface area contributed by atoms with Gasteiger partial charge in [0.1, 0.15) is 0 Å². The number of allylic oxidation sites excluding steroid dienone is 1. The lowest BCUT2D eigenvalue weighted by Crippen LogP contribution is -2.42. The molecule has 1 aliphatic heterocycles. The Hall–Kier alpha value is -0.630. The summed E-state index contributed by atoms with van der Waals surface area (Å²) in [5, 5.41) is 0. The average molecular weight is 195 g/mol. The van der Waals surface area contributed by atoms with E-state index in [0.717, 1.165) is 6.54 Å². The topological polar surface area (TPSA) is 20.3 Å². The number of hydrogen-bond acceptors (Lipinski definition) is 2. The molecule has 0 aliphatic carbocycles. The molecule has 1 atom stereocenters. The Bertz CT molecular complexity index is 200. The Kier molecular flexibility index (Phi) is 4.88. The second kappa shape index (κ2) is 5.97. The highest BCUT2D eigenvalue weighted by molar-refractivity contribution is 5.81. The molecule has 0 N–H and O–H groups in total. The quantitative estimate of drug-likeness (QED) is 0.628. The molecular weight excluding hydrogens is 174 g/mol. The molecule has 2 heteroatoms. The van der Waals surface area contributed by atoms with Gasteiger partial charge in [-0.25, -0.2) is 0 Å². The molecule has 0 bridgehead atoms. The third-order valence-electron chi connectivity index (χ3n) is 2.97. The fourth-order valence-electron chi connectivity index (χ4n) is 2.18. The Labute approximate surface area is 87.0 Å². The highest BCUT2D eigenvalue weighted by Crippen LogP contribution is 2.19. The number of carbonyl (C=O) groups is 1. The molecule has 0 aromatic carbocycles. The first kappa shape index (κ1) is 11.4. The van der Waals surface area contributed by atoms with Gasteiger partial charge < -0.3 is 0 Å². The summed E-state index contributed by atoms with van der Waals surface area (Å²) in [4.78, 5) is 13.8. The normalized spacial score (nSPS) is 23.4. The van der Waals surface area contributed by atoms with Gasteiger partial charge in [0.05, 0.1) is 6.54 Å². The van der Waals surface area contributed by atoms with Crippen molar-refractivity contribution in [3.05, 3.63) is 12.7 Å². The monoisotopic (exact) mass is 195 g/mol. The summed E-state index contributed by atoms with van der Waals surface area (Å²) in [7, 11) is 0. The summed E-state index contributed by atoms with van der Waals surface area (Å²) in [6, 6.07) is 0.637. The van der Waals surface area contributed by atoms with Gasteiger partial charge in [0.25, 0.3) is 0 Å². The van der Waals surface area contributed by atoms with Crippen LogP contribution in [0.2, 0.25) is 0 Å². The molecule has 1 saturated heterocycles. The highest BCUT2D eigenvalue weighted by atomic mass is 16.1. The lowest BCUT2D eigenvalue weighted by molar-refractivity contribution is -0.120. The smallest absolute Gasteiger partial charge is 0.150 e. The summed E-state index contributed by atoms with van der Waals surface area (Å²) in [6.07, 6.45) is 7.22. The van der Waals surface area contributed by atoms with Crippen molar-refractivity contribution in [1.82, 2.24) is 4.90 Å². The van der Waals surface area contributed by atoms with Gasteiger partial charge in [-0.05, 0) is 25.8 Å². The Morgan fingerprint density at radius 3 is 3.00 bits per heavy atom. The number of ketones is 1. The summed E-state index contributed by atoms with van der Waals surface area (Å²) in [5.74, 6) is 0.306. The lowest BCUT2D eigenvalue weighted by atomic mass is 9.99. The minimum absolute atomic E-state index is 0.306. The van der Waals surface area contributed by atoms with Gasteiger partial charge in [-0.3, -0.25) is 9.69 Å². The van der Waals surface area contributed by atoms with E-state index in [1.54, 1.807) is 6.08 Å². The van der Waals surface area contributed by atoms with Crippen LogP contribution in [-0.2, 0) is 4.79 Å². The molecule has 1 rings (SSSR count). The molecule has 0 aromatic rings. The molecule has 0 radical (unpaired) electrons. The molecule has 0 spiro atoms. The first-order valence-electron chi connectivity index (χ1n) is 5.64. The Morgan fingerprint density at radius 2 is 2.36 bits per heavy atom. The molecule has 0 aromatic heterocycles. The number of nitrogens with zero attached hydrogens (tertiary/aromatic N) is 1. The molecule has 0 saturated carbocycles. The number of piperidine rings is 1. The van der Waals surface area contributed by atoms with Crippen LogP contribution in [0.3, 0.4) is 0 Å². The van der Waals surface area contributed by atoms with Crippen molar-refractivity contribution in [3.8, 4) is 0 Å². The second-order valence-corrected chi connectivity index (χ2v) is 4.06. The number of carbonyl (C=O) groups excluding carboxylic acids is 1. The van der Waals surface area contributed by atoms with Crippen LogP contribution in [0.5, 0.6) is 0 Å². The van der Waals surface area contributed by atoms with E-state index in [9.17, 15) is 4.79 Å². The van der Waals surface area contributed by atoms with Crippen molar-refractivity contribution in [3.63, 3.8) is 0 Å². The molecule has 0 amide bonds. The molecule has 1 heterocycles. The highest BCUT2D eigenvalue weighted by Gasteiger charge is 2.21. The van der Waals surface area contributed by atoms with Gasteiger partial charge >= 0.3 is 0 Å². The lowest BCUT2D eigenvalue weighted by Gasteiger charge is -2.34. The molecule has 1 unspecified atom stereocenters. The van der Waals surface area contributed by atoms with Gasteiger partial charge in [-0.15, -0.1) is 6.58 Å². The average Bonchev–Trinajstić information content (AvgIpc) is 2.19. The zero-order chi connectivity index (χ0) is 10.4. The summed E-state index contributed by atoms with van der Waals surface area (Å²) >= 11 is 0. The van der Waals surface area contributed by atoms with Crippen molar-refractivity contribution in [1.29, 1.82) is 0 Å². The maximum atomic E-state index is 11.5. The van der Waals surface area contributed by atoms with E-state index >= 15 is 0 Å². The van der Waals surface area contributed by atoms with E-state index in [2.05, 4.69) is 18.4 Å². The van der Waals surface area contributed by atoms with Crippen molar-refractivity contribution >= 4 is 5.78 Å². The molecule has 14 heavy (non-hydrogen) atoms. The molecule has 1 fully saturated rings. The van der Waals surface area contributed by atoms with Crippen molar-refractivity contribution in [2.75, 3.05) is 13.1 Å². The Balaban J connectivity index is 2.39. The van der Waals surface area contributed by atoms with Crippen LogP contribution in [0.15, 0.2) is 12.7 Å². The SMILES string of the molecule is C=CCC(=O)CN1CCCCC1CC. The van der Waals surface area contributed by atoms with Crippen LogP contribution in [0.25, 0.3) is 0 Å². The minimum atomic E-state index is 0.306. The summed E-state index contributed by atoms with van der Waals surface area (Å²) < 4.78 is 0. The third-order valence-corrected chi connectivity index (χ3v) is 2.97. The maximum absolute atomic E-state index is 11.5. The number of rotatable bonds is 5. The van der Waals surface area contributed by atoms with Gasteiger partial charge in [0.15, 0.2) is 5.78 Å². The van der Waals surface area contributed by atoms with E-state index in [0.29, 0.717) is 24.8 Å². The largest absolute Gasteiger partial charge is 0.298 e. The van der Waals surface area contributed by atoms with Crippen LogP contribution in [0, 0.1) is 0 Å². The zero-order valence-electron chi connectivity index (χ0n) is 9.17. The third kappa shape index (κ3) is 3.26. The van der Waals surface area contributed by atoms with Gasteiger partial charge in [0, 0.05) is 12.5 Å². The standard InChI is InChI=1S/C12H21NO/c1-3-7-12(14)10-13-9-6-5-8-11(13)4-2/h3,11H,1,4-10H2,2H3. The predicted molar refractivity (Wildman–Crippen MR) is 59.3 cm³/mol. The van der Waals surface area contributed by atoms with Crippen LogP contribution >= 0.6 is 0 Å². The maximum Gasteiger partial charge on any atom is 0.150 e. The molecule has 80 valence electrons. The van der Waals surface area contributed by atoms with E-state index in [1.807, 2.05) is 0 Å². The molecule has 2 nitrogen and oxygen atoms in total. The van der Waals surface area contributed by atoms with Crippen molar-refractivity contribution in [2.24, 2.45) is 0 Å².